The second-order valence-electron chi connectivity index (χ2n) is 4.16. The SMILES string of the molecule is COc1ccc(OC)c(CCNC2CC2)c1. The maximum atomic E-state index is 5.33. The van der Waals surface area contributed by atoms with Gasteiger partial charge in [0.2, 0.25) is 0 Å². The molecule has 1 aromatic rings. The fourth-order valence-electron chi connectivity index (χ4n) is 1.78. The average Bonchev–Trinajstić information content (AvgIpc) is 3.13. The Morgan fingerprint density at radius 1 is 1.25 bits per heavy atom. The molecule has 0 saturated heterocycles. The van der Waals surface area contributed by atoms with E-state index in [9.17, 15) is 0 Å². The van der Waals surface area contributed by atoms with Crippen LogP contribution in [-0.2, 0) is 6.42 Å². The molecule has 2 rings (SSSR count). The Kier molecular flexibility index (Phi) is 3.67. The van der Waals surface area contributed by atoms with Crippen LogP contribution in [-0.4, -0.2) is 26.8 Å². The van der Waals surface area contributed by atoms with Gasteiger partial charge < -0.3 is 14.8 Å². The zero-order chi connectivity index (χ0) is 11.4. The van der Waals surface area contributed by atoms with Crippen LogP contribution in [0.1, 0.15) is 18.4 Å². The summed E-state index contributed by atoms with van der Waals surface area (Å²) < 4.78 is 10.6. The summed E-state index contributed by atoms with van der Waals surface area (Å²) in [6.07, 6.45) is 3.64. The molecule has 3 heteroatoms. The number of methoxy groups -OCH3 is 2. The summed E-state index contributed by atoms with van der Waals surface area (Å²) in [7, 11) is 3.40. The lowest BCUT2D eigenvalue weighted by Gasteiger charge is -2.10. The average molecular weight is 221 g/mol. The second-order valence-corrected chi connectivity index (χ2v) is 4.16. The van der Waals surface area contributed by atoms with Crippen LogP contribution in [0.25, 0.3) is 0 Å². The Bertz CT molecular complexity index is 348. The van der Waals surface area contributed by atoms with Gasteiger partial charge in [-0.2, -0.15) is 0 Å². The van der Waals surface area contributed by atoms with Gasteiger partial charge in [-0.25, -0.2) is 0 Å². The van der Waals surface area contributed by atoms with E-state index >= 15 is 0 Å². The molecule has 88 valence electrons. The van der Waals surface area contributed by atoms with E-state index in [1.807, 2.05) is 18.2 Å². The van der Waals surface area contributed by atoms with Gasteiger partial charge in [-0.15, -0.1) is 0 Å². The van der Waals surface area contributed by atoms with Crippen molar-refractivity contribution < 1.29 is 9.47 Å². The highest BCUT2D eigenvalue weighted by Gasteiger charge is 2.19. The quantitative estimate of drug-likeness (QED) is 0.797. The third kappa shape index (κ3) is 2.89. The van der Waals surface area contributed by atoms with Crippen molar-refractivity contribution in [2.75, 3.05) is 20.8 Å². The van der Waals surface area contributed by atoms with Crippen LogP contribution in [0.3, 0.4) is 0 Å². The van der Waals surface area contributed by atoms with Gasteiger partial charge in [0.05, 0.1) is 14.2 Å². The molecule has 0 aromatic heterocycles. The van der Waals surface area contributed by atoms with Crippen molar-refractivity contribution in [2.45, 2.75) is 25.3 Å². The number of ether oxygens (including phenoxy) is 2. The summed E-state index contributed by atoms with van der Waals surface area (Å²) in [5.74, 6) is 1.83. The van der Waals surface area contributed by atoms with Crippen LogP contribution < -0.4 is 14.8 Å². The second kappa shape index (κ2) is 5.21. The largest absolute Gasteiger partial charge is 0.497 e. The fraction of sp³-hybridized carbons (Fsp3) is 0.538. The normalized spacial score (nSPS) is 14.9. The molecule has 0 amide bonds. The van der Waals surface area contributed by atoms with Crippen molar-refractivity contribution in [3.8, 4) is 11.5 Å². The highest BCUT2D eigenvalue weighted by atomic mass is 16.5. The molecule has 1 saturated carbocycles. The van der Waals surface area contributed by atoms with E-state index in [0.717, 1.165) is 30.5 Å². The molecule has 1 aliphatic carbocycles. The van der Waals surface area contributed by atoms with Crippen molar-refractivity contribution in [3.05, 3.63) is 23.8 Å². The van der Waals surface area contributed by atoms with Crippen LogP contribution >= 0.6 is 0 Å². The molecule has 16 heavy (non-hydrogen) atoms. The summed E-state index contributed by atoms with van der Waals surface area (Å²) in [6, 6.07) is 6.70. The van der Waals surface area contributed by atoms with Gasteiger partial charge >= 0.3 is 0 Å². The zero-order valence-electron chi connectivity index (χ0n) is 9.95. The molecule has 3 nitrogen and oxygen atoms in total. The lowest BCUT2D eigenvalue weighted by Crippen LogP contribution is -2.19. The Labute approximate surface area is 96.8 Å². The van der Waals surface area contributed by atoms with E-state index in [4.69, 9.17) is 9.47 Å². The third-order valence-corrected chi connectivity index (χ3v) is 2.89. The molecule has 1 aliphatic rings. The standard InChI is InChI=1S/C13H19NO2/c1-15-12-5-6-13(16-2)10(9-12)7-8-14-11-3-4-11/h5-6,9,11,14H,3-4,7-8H2,1-2H3. The van der Waals surface area contributed by atoms with Gasteiger partial charge in [-0.05, 0) is 49.6 Å². The number of rotatable bonds is 6. The first-order valence-corrected chi connectivity index (χ1v) is 5.78. The van der Waals surface area contributed by atoms with Gasteiger partial charge in [0.15, 0.2) is 0 Å². The van der Waals surface area contributed by atoms with Gasteiger partial charge in [0.1, 0.15) is 11.5 Å². The van der Waals surface area contributed by atoms with E-state index in [1.165, 1.54) is 18.4 Å². The Morgan fingerprint density at radius 2 is 2.06 bits per heavy atom. The molecule has 1 N–H and O–H groups in total. The Hall–Kier alpha value is -1.22. The summed E-state index contributed by atoms with van der Waals surface area (Å²) >= 11 is 0. The topological polar surface area (TPSA) is 30.5 Å². The molecule has 1 aromatic carbocycles. The highest BCUT2D eigenvalue weighted by Crippen LogP contribution is 2.24. The van der Waals surface area contributed by atoms with E-state index < -0.39 is 0 Å². The number of nitrogens with one attached hydrogen (secondary N) is 1. The Balaban J connectivity index is 1.97. The van der Waals surface area contributed by atoms with Gasteiger partial charge in [0.25, 0.3) is 0 Å². The van der Waals surface area contributed by atoms with Crippen molar-refractivity contribution in [1.29, 1.82) is 0 Å². The number of benzene rings is 1. The van der Waals surface area contributed by atoms with Crippen molar-refractivity contribution in [3.63, 3.8) is 0 Å². The van der Waals surface area contributed by atoms with E-state index in [1.54, 1.807) is 14.2 Å². The lowest BCUT2D eigenvalue weighted by molar-refractivity contribution is 0.398. The minimum atomic E-state index is 0.761. The molecule has 0 atom stereocenters. The number of hydrogen-bond donors (Lipinski definition) is 1. The molecule has 0 heterocycles. The Morgan fingerprint density at radius 3 is 2.69 bits per heavy atom. The highest BCUT2D eigenvalue weighted by molar-refractivity contribution is 5.40. The lowest BCUT2D eigenvalue weighted by atomic mass is 10.1. The van der Waals surface area contributed by atoms with E-state index in [-0.39, 0.29) is 0 Å². The first-order chi connectivity index (χ1) is 7.83. The molecular weight excluding hydrogens is 202 g/mol. The fourth-order valence-corrected chi connectivity index (χ4v) is 1.78. The molecule has 1 fully saturated rings. The van der Waals surface area contributed by atoms with Crippen molar-refractivity contribution in [1.82, 2.24) is 5.32 Å². The third-order valence-electron chi connectivity index (χ3n) is 2.89. The molecular formula is C13H19NO2. The van der Waals surface area contributed by atoms with Gasteiger partial charge in [-0.1, -0.05) is 0 Å². The molecule has 0 unspecified atom stereocenters. The van der Waals surface area contributed by atoms with Crippen LogP contribution in [0, 0.1) is 0 Å². The molecule has 0 aliphatic heterocycles. The summed E-state index contributed by atoms with van der Waals surface area (Å²) in [5, 5.41) is 3.50. The van der Waals surface area contributed by atoms with Crippen molar-refractivity contribution >= 4 is 0 Å². The minimum absolute atomic E-state index is 0.761. The maximum absolute atomic E-state index is 5.33. The maximum Gasteiger partial charge on any atom is 0.122 e. The summed E-state index contributed by atoms with van der Waals surface area (Å²) in [5.41, 5.74) is 1.20. The van der Waals surface area contributed by atoms with Crippen molar-refractivity contribution in [2.24, 2.45) is 0 Å². The van der Waals surface area contributed by atoms with E-state index in [2.05, 4.69) is 5.32 Å². The predicted molar refractivity (Wildman–Crippen MR) is 64.3 cm³/mol. The summed E-state index contributed by atoms with van der Waals surface area (Å²) in [6.45, 7) is 1.01. The molecule has 0 radical (unpaired) electrons. The number of hydrogen-bond acceptors (Lipinski definition) is 3. The smallest absolute Gasteiger partial charge is 0.122 e. The minimum Gasteiger partial charge on any atom is -0.497 e. The molecule has 0 bridgehead atoms. The van der Waals surface area contributed by atoms with Crippen LogP contribution in [0.4, 0.5) is 0 Å². The predicted octanol–water partition coefficient (Wildman–Crippen LogP) is 2.00. The van der Waals surface area contributed by atoms with Gasteiger partial charge in [0, 0.05) is 6.04 Å². The first-order valence-electron chi connectivity index (χ1n) is 5.78. The summed E-state index contributed by atoms with van der Waals surface area (Å²) in [4.78, 5) is 0. The van der Waals surface area contributed by atoms with E-state index in [0.29, 0.717) is 0 Å². The molecule has 0 spiro atoms. The van der Waals surface area contributed by atoms with Crippen LogP contribution in [0.15, 0.2) is 18.2 Å². The zero-order valence-corrected chi connectivity index (χ0v) is 9.95. The van der Waals surface area contributed by atoms with Gasteiger partial charge in [-0.3, -0.25) is 0 Å². The first kappa shape index (κ1) is 11.3. The van der Waals surface area contributed by atoms with Crippen LogP contribution in [0.2, 0.25) is 0 Å². The van der Waals surface area contributed by atoms with Crippen LogP contribution in [0.5, 0.6) is 11.5 Å². The monoisotopic (exact) mass is 221 g/mol.